The second-order valence-corrected chi connectivity index (χ2v) is 6.99. The fourth-order valence-corrected chi connectivity index (χ4v) is 3.77. The number of esters is 1. The predicted octanol–water partition coefficient (Wildman–Crippen LogP) is 3.19. The molecule has 2 aliphatic rings. The minimum absolute atomic E-state index is 0.0323. The number of nitrogens with one attached hydrogen (secondary N) is 1. The standard InChI is InChI=1S/C18H32N2O3/c1-3-14-5-7-15(8-6-14)13-19-18(22)20-11-9-16(10-12-20)17(21)23-4-2/h14-16H,3-13H2,1-2H3,(H,19,22). The van der Waals surface area contributed by atoms with Gasteiger partial charge < -0.3 is 15.0 Å². The van der Waals surface area contributed by atoms with Gasteiger partial charge in [0.2, 0.25) is 0 Å². The Kier molecular flexibility index (Phi) is 7.18. The number of carbonyl (C=O) groups is 2. The van der Waals surface area contributed by atoms with Gasteiger partial charge in [-0.25, -0.2) is 4.79 Å². The van der Waals surface area contributed by atoms with Crippen LogP contribution in [0.2, 0.25) is 0 Å². The third-order valence-corrected chi connectivity index (χ3v) is 5.49. The van der Waals surface area contributed by atoms with Gasteiger partial charge in [0.1, 0.15) is 0 Å². The first-order valence-electron chi connectivity index (χ1n) is 9.33. The van der Waals surface area contributed by atoms with Crippen molar-refractivity contribution in [2.45, 2.75) is 58.8 Å². The highest BCUT2D eigenvalue weighted by Gasteiger charge is 2.28. The van der Waals surface area contributed by atoms with E-state index < -0.39 is 0 Å². The molecule has 1 aliphatic heterocycles. The number of amides is 2. The Labute approximate surface area is 140 Å². The predicted molar refractivity (Wildman–Crippen MR) is 90.1 cm³/mol. The van der Waals surface area contributed by atoms with E-state index in [4.69, 9.17) is 4.74 Å². The summed E-state index contributed by atoms with van der Waals surface area (Å²) in [7, 11) is 0. The summed E-state index contributed by atoms with van der Waals surface area (Å²) in [5.74, 6) is 1.38. The molecule has 23 heavy (non-hydrogen) atoms. The Bertz CT molecular complexity index is 384. The Morgan fingerprint density at radius 2 is 1.61 bits per heavy atom. The summed E-state index contributed by atoms with van der Waals surface area (Å²) >= 11 is 0. The van der Waals surface area contributed by atoms with Gasteiger partial charge >= 0.3 is 12.0 Å². The summed E-state index contributed by atoms with van der Waals surface area (Å²) in [6.07, 6.45) is 7.81. The largest absolute Gasteiger partial charge is 0.466 e. The molecular formula is C18H32N2O3. The molecule has 1 heterocycles. The Morgan fingerprint density at radius 1 is 1.00 bits per heavy atom. The van der Waals surface area contributed by atoms with Crippen LogP contribution in [0.15, 0.2) is 0 Å². The number of urea groups is 1. The van der Waals surface area contributed by atoms with Crippen LogP contribution in [0.1, 0.15) is 58.8 Å². The van der Waals surface area contributed by atoms with E-state index >= 15 is 0 Å². The molecule has 0 radical (unpaired) electrons. The first kappa shape index (κ1) is 18.1. The summed E-state index contributed by atoms with van der Waals surface area (Å²) < 4.78 is 5.06. The van der Waals surface area contributed by atoms with Crippen LogP contribution >= 0.6 is 0 Å². The smallest absolute Gasteiger partial charge is 0.317 e. The van der Waals surface area contributed by atoms with Crippen molar-refractivity contribution >= 4 is 12.0 Å². The number of ether oxygens (including phenoxy) is 1. The van der Waals surface area contributed by atoms with Gasteiger partial charge in [0.15, 0.2) is 0 Å². The lowest BCUT2D eigenvalue weighted by atomic mass is 9.81. The maximum atomic E-state index is 12.3. The molecule has 5 nitrogen and oxygen atoms in total. The molecule has 132 valence electrons. The van der Waals surface area contributed by atoms with Crippen molar-refractivity contribution in [3.63, 3.8) is 0 Å². The van der Waals surface area contributed by atoms with Crippen LogP contribution in [-0.4, -0.2) is 43.1 Å². The van der Waals surface area contributed by atoms with Crippen LogP contribution in [0.5, 0.6) is 0 Å². The second kappa shape index (κ2) is 9.14. The third-order valence-electron chi connectivity index (χ3n) is 5.49. The van der Waals surface area contributed by atoms with E-state index in [0.717, 1.165) is 12.5 Å². The minimum Gasteiger partial charge on any atom is -0.466 e. The van der Waals surface area contributed by atoms with Crippen molar-refractivity contribution in [1.29, 1.82) is 0 Å². The molecule has 1 aliphatic carbocycles. The zero-order chi connectivity index (χ0) is 16.7. The van der Waals surface area contributed by atoms with Crippen molar-refractivity contribution in [1.82, 2.24) is 10.2 Å². The van der Waals surface area contributed by atoms with Gasteiger partial charge in [-0.1, -0.05) is 26.2 Å². The van der Waals surface area contributed by atoms with Crippen LogP contribution in [0, 0.1) is 17.8 Å². The van der Waals surface area contributed by atoms with Gasteiger partial charge in [0, 0.05) is 19.6 Å². The van der Waals surface area contributed by atoms with Crippen molar-refractivity contribution in [3.05, 3.63) is 0 Å². The maximum Gasteiger partial charge on any atom is 0.317 e. The molecule has 5 heteroatoms. The van der Waals surface area contributed by atoms with Crippen LogP contribution in [0.3, 0.4) is 0 Å². The summed E-state index contributed by atoms with van der Waals surface area (Å²) in [5, 5.41) is 3.09. The number of piperidine rings is 1. The average molecular weight is 324 g/mol. The average Bonchev–Trinajstić information content (AvgIpc) is 2.60. The SMILES string of the molecule is CCOC(=O)C1CCN(C(=O)NCC2CCC(CC)CC2)CC1. The van der Waals surface area contributed by atoms with E-state index in [1.54, 1.807) is 0 Å². The number of carbonyl (C=O) groups excluding carboxylic acids is 2. The number of nitrogens with zero attached hydrogens (tertiary/aromatic N) is 1. The normalized spacial score (nSPS) is 25.9. The summed E-state index contributed by atoms with van der Waals surface area (Å²) in [4.78, 5) is 25.8. The first-order valence-corrected chi connectivity index (χ1v) is 9.33. The molecule has 0 aromatic carbocycles. The quantitative estimate of drug-likeness (QED) is 0.790. The highest BCUT2D eigenvalue weighted by atomic mass is 16.5. The fraction of sp³-hybridized carbons (Fsp3) is 0.889. The van der Waals surface area contributed by atoms with E-state index in [9.17, 15) is 9.59 Å². The van der Waals surface area contributed by atoms with E-state index in [-0.39, 0.29) is 17.9 Å². The molecule has 0 aromatic rings. The molecule has 2 amide bonds. The highest BCUT2D eigenvalue weighted by Crippen LogP contribution is 2.30. The molecule has 0 bridgehead atoms. The van der Waals surface area contributed by atoms with Gasteiger partial charge in [-0.05, 0) is 44.4 Å². The Hall–Kier alpha value is -1.26. The summed E-state index contributed by atoms with van der Waals surface area (Å²) in [6.45, 7) is 6.63. The van der Waals surface area contributed by atoms with Gasteiger partial charge in [0.25, 0.3) is 0 Å². The molecule has 1 saturated heterocycles. The Morgan fingerprint density at radius 3 is 2.17 bits per heavy atom. The van der Waals surface area contributed by atoms with E-state index in [2.05, 4.69) is 12.2 Å². The lowest BCUT2D eigenvalue weighted by Crippen LogP contribution is -2.46. The topological polar surface area (TPSA) is 58.6 Å². The second-order valence-electron chi connectivity index (χ2n) is 6.99. The van der Waals surface area contributed by atoms with Crippen LogP contribution in [-0.2, 0) is 9.53 Å². The Balaban J connectivity index is 1.64. The molecule has 0 unspecified atom stereocenters. The zero-order valence-corrected chi connectivity index (χ0v) is 14.7. The molecular weight excluding hydrogens is 292 g/mol. The van der Waals surface area contributed by atoms with E-state index in [1.165, 1.54) is 32.1 Å². The molecule has 0 spiro atoms. The van der Waals surface area contributed by atoms with Gasteiger partial charge in [0.05, 0.1) is 12.5 Å². The molecule has 0 aromatic heterocycles. The number of hydrogen-bond donors (Lipinski definition) is 1. The van der Waals surface area contributed by atoms with Crippen molar-refractivity contribution in [3.8, 4) is 0 Å². The summed E-state index contributed by atoms with van der Waals surface area (Å²) in [5.41, 5.74) is 0. The lowest BCUT2D eigenvalue weighted by molar-refractivity contribution is -0.149. The van der Waals surface area contributed by atoms with E-state index in [0.29, 0.717) is 38.5 Å². The molecule has 0 atom stereocenters. The number of likely N-dealkylation sites (tertiary alicyclic amines) is 1. The van der Waals surface area contributed by atoms with E-state index in [1.807, 2.05) is 11.8 Å². The lowest BCUT2D eigenvalue weighted by Gasteiger charge is -2.32. The molecule has 1 saturated carbocycles. The highest BCUT2D eigenvalue weighted by molar-refractivity contribution is 5.76. The van der Waals surface area contributed by atoms with Crippen molar-refractivity contribution in [2.75, 3.05) is 26.2 Å². The molecule has 1 N–H and O–H groups in total. The minimum atomic E-state index is -0.111. The third kappa shape index (κ3) is 5.40. The molecule has 2 fully saturated rings. The van der Waals surface area contributed by atoms with Crippen LogP contribution < -0.4 is 5.32 Å². The fourth-order valence-electron chi connectivity index (χ4n) is 3.77. The molecule has 2 rings (SSSR count). The van der Waals surface area contributed by atoms with Gasteiger partial charge in [-0.15, -0.1) is 0 Å². The number of rotatable bonds is 5. The summed E-state index contributed by atoms with van der Waals surface area (Å²) in [6, 6.07) is 0.0323. The maximum absolute atomic E-state index is 12.3. The van der Waals surface area contributed by atoms with Gasteiger partial charge in [-0.2, -0.15) is 0 Å². The number of hydrogen-bond acceptors (Lipinski definition) is 3. The van der Waals surface area contributed by atoms with Crippen LogP contribution in [0.4, 0.5) is 4.79 Å². The van der Waals surface area contributed by atoms with Crippen molar-refractivity contribution in [2.24, 2.45) is 17.8 Å². The van der Waals surface area contributed by atoms with Crippen LogP contribution in [0.25, 0.3) is 0 Å². The van der Waals surface area contributed by atoms with Crippen molar-refractivity contribution < 1.29 is 14.3 Å². The van der Waals surface area contributed by atoms with Gasteiger partial charge in [-0.3, -0.25) is 4.79 Å². The zero-order valence-electron chi connectivity index (χ0n) is 14.7. The monoisotopic (exact) mass is 324 g/mol. The first-order chi connectivity index (χ1) is 11.1.